The normalized spacial score (nSPS) is 12.6. The molecule has 0 fully saturated rings. The van der Waals surface area contributed by atoms with Gasteiger partial charge in [-0.2, -0.15) is 4.39 Å². The first-order valence-corrected chi connectivity index (χ1v) is 4.06. The van der Waals surface area contributed by atoms with Gasteiger partial charge in [-0.25, -0.2) is 4.98 Å². The third-order valence-corrected chi connectivity index (χ3v) is 1.81. The molecule has 1 rings (SSSR count). The number of halogens is 2. The molecule has 0 radical (unpaired) electrons. The third-order valence-electron chi connectivity index (χ3n) is 1.37. The summed E-state index contributed by atoms with van der Waals surface area (Å²) >= 11 is 3.12. The van der Waals surface area contributed by atoms with Crippen LogP contribution in [0.3, 0.4) is 0 Å². The van der Waals surface area contributed by atoms with Crippen molar-refractivity contribution >= 4 is 15.9 Å². The van der Waals surface area contributed by atoms with E-state index in [1.165, 1.54) is 18.3 Å². The smallest absolute Gasteiger partial charge is 0.219 e. The highest BCUT2D eigenvalue weighted by Gasteiger charge is 2.10. The van der Waals surface area contributed by atoms with Gasteiger partial charge in [-0.15, -0.1) is 6.58 Å². The van der Waals surface area contributed by atoms with Gasteiger partial charge in [0.25, 0.3) is 0 Å². The molecule has 1 atom stereocenters. The van der Waals surface area contributed by atoms with Crippen molar-refractivity contribution < 1.29 is 9.50 Å². The van der Waals surface area contributed by atoms with Gasteiger partial charge >= 0.3 is 0 Å². The second-order valence-corrected chi connectivity index (χ2v) is 3.13. The van der Waals surface area contributed by atoms with Crippen molar-refractivity contribution in [3.8, 4) is 0 Å². The Morgan fingerprint density at radius 1 is 1.75 bits per heavy atom. The molecule has 0 spiro atoms. The molecular weight excluding hydrogens is 225 g/mol. The third kappa shape index (κ3) is 1.89. The van der Waals surface area contributed by atoms with E-state index >= 15 is 0 Å². The molecule has 1 unspecified atom stereocenters. The largest absolute Gasteiger partial charge is 0.384 e. The number of pyridine rings is 1. The standard InChI is InChI=1S/C8H7BrFNO/c1-2-7(12)6-3-5(9)4-11-8(6)10/h2-4,7,12H,1H2. The zero-order valence-electron chi connectivity index (χ0n) is 6.17. The molecule has 4 heteroatoms. The van der Waals surface area contributed by atoms with E-state index in [-0.39, 0.29) is 5.56 Å². The Hall–Kier alpha value is -0.740. The van der Waals surface area contributed by atoms with E-state index in [1.807, 2.05) is 0 Å². The van der Waals surface area contributed by atoms with Crippen LogP contribution < -0.4 is 0 Å². The second-order valence-electron chi connectivity index (χ2n) is 2.21. The SMILES string of the molecule is C=CC(O)c1cc(Br)cnc1F. The quantitative estimate of drug-likeness (QED) is 0.626. The maximum Gasteiger partial charge on any atom is 0.219 e. The van der Waals surface area contributed by atoms with E-state index in [0.717, 1.165) is 0 Å². The van der Waals surface area contributed by atoms with Crippen LogP contribution >= 0.6 is 15.9 Å². The van der Waals surface area contributed by atoms with Crippen molar-refractivity contribution in [2.75, 3.05) is 0 Å². The zero-order valence-corrected chi connectivity index (χ0v) is 7.75. The topological polar surface area (TPSA) is 33.1 Å². The summed E-state index contributed by atoms with van der Waals surface area (Å²) in [5.41, 5.74) is 0.124. The Kier molecular flexibility index (Phi) is 2.94. The Labute approximate surface area is 77.9 Å². The van der Waals surface area contributed by atoms with E-state index in [4.69, 9.17) is 0 Å². The molecule has 0 saturated heterocycles. The summed E-state index contributed by atoms with van der Waals surface area (Å²) in [7, 11) is 0. The minimum Gasteiger partial charge on any atom is -0.384 e. The maximum atomic E-state index is 12.9. The first-order chi connectivity index (χ1) is 5.65. The van der Waals surface area contributed by atoms with Crippen molar-refractivity contribution in [1.82, 2.24) is 4.98 Å². The Bertz CT molecular complexity index is 303. The summed E-state index contributed by atoms with van der Waals surface area (Å²) in [5.74, 6) is -0.675. The van der Waals surface area contributed by atoms with Gasteiger partial charge in [-0.05, 0) is 22.0 Å². The molecule has 12 heavy (non-hydrogen) atoms. The first-order valence-electron chi connectivity index (χ1n) is 3.26. The molecule has 0 aromatic carbocycles. The average molecular weight is 232 g/mol. The lowest BCUT2D eigenvalue weighted by atomic mass is 10.1. The summed E-state index contributed by atoms with van der Waals surface area (Å²) in [6, 6.07) is 1.47. The molecule has 2 nitrogen and oxygen atoms in total. The Morgan fingerprint density at radius 2 is 2.42 bits per heavy atom. The van der Waals surface area contributed by atoms with Gasteiger partial charge in [0, 0.05) is 16.2 Å². The monoisotopic (exact) mass is 231 g/mol. The van der Waals surface area contributed by atoms with Gasteiger partial charge in [-0.1, -0.05) is 6.08 Å². The lowest BCUT2D eigenvalue weighted by Gasteiger charge is -2.05. The van der Waals surface area contributed by atoms with Crippen LogP contribution in [0.5, 0.6) is 0 Å². The van der Waals surface area contributed by atoms with Crippen LogP contribution in [0.15, 0.2) is 29.4 Å². The van der Waals surface area contributed by atoms with Crippen molar-refractivity contribution in [3.63, 3.8) is 0 Å². The molecule has 1 aromatic rings. The summed E-state index contributed by atoms with van der Waals surface area (Å²) in [6.07, 6.45) is 1.57. The van der Waals surface area contributed by atoms with E-state index in [9.17, 15) is 9.50 Å². The van der Waals surface area contributed by atoms with E-state index in [1.54, 1.807) is 0 Å². The van der Waals surface area contributed by atoms with Gasteiger partial charge in [0.2, 0.25) is 5.95 Å². The predicted molar refractivity (Wildman–Crippen MR) is 47.1 cm³/mol. The highest BCUT2D eigenvalue weighted by atomic mass is 79.9. The zero-order chi connectivity index (χ0) is 9.14. The fourth-order valence-electron chi connectivity index (χ4n) is 0.773. The summed E-state index contributed by atoms with van der Waals surface area (Å²) in [6.45, 7) is 3.35. The molecule has 0 amide bonds. The molecule has 0 aliphatic rings. The van der Waals surface area contributed by atoms with E-state index in [2.05, 4.69) is 27.5 Å². The molecule has 1 N–H and O–H groups in total. The fraction of sp³-hybridized carbons (Fsp3) is 0.125. The van der Waals surface area contributed by atoms with Crippen LogP contribution in [0, 0.1) is 5.95 Å². The number of aliphatic hydroxyl groups excluding tert-OH is 1. The summed E-state index contributed by atoms with van der Waals surface area (Å²) in [4.78, 5) is 3.43. The average Bonchev–Trinajstić information content (AvgIpc) is 2.08. The minimum absolute atomic E-state index is 0.124. The van der Waals surface area contributed by atoms with Crippen LogP contribution in [0.25, 0.3) is 0 Å². The molecule has 1 heterocycles. The van der Waals surface area contributed by atoms with Gasteiger partial charge in [0.05, 0.1) is 0 Å². The molecule has 0 bridgehead atoms. The van der Waals surface area contributed by atoms with Crippen molar-refractivity contribution in [2.24, 2.45) is 0 Å². The molecular formula is C8H7BrFNO. The molecule has 0 aliphatic heterocycles. The number of hydrogen-bond donors (Lipinski definition) is 1. The predicted octanol–water partition coefficient (Wildman–Crippen LogP) is 2.20. The van der Waals surface area contributed by atoms with Gasteiger partial charge in [-0.3, -0.25) is 0 Å². The van der Waals surface area contributed by atoms with Crippen LogP contribution in [-0.4, -0.2) is 10.1 Å². The number of hydrogen-bond acceptors (Lipinski definition) is 2. The lowest BCUT2D eigenvalue weighted by Crippen LogP contribution is -1.99. The number of aliphatic hydroxyl groups is 1. The highest BCUT2D eigenvalue weighted by Crippen LogP contribution is 2.19. The number of rotatable bonds is 2. The maximum absolute atomic E-state index is 12.9. The highest BCUT2D eigenvalue weighted by molar-refractivity contribution is 9.10. The van der Waals surface area contributed by atoms with Crippen molar-refractivity contribution in [2.45, 2.75) is 6.10 Å². The summed E-state index contributed by atoms with van der Waals surface area (Å²) < 4.78 is 13.5. The van der Waals surface area contributed by atoms with Crippen LogP contribution in [0.4, 0.5) is 4.39 Å². The molecule has 0 saturated carbocycles. The summed E-state index contributed by atoms with van der Waals surface area (Å²) in [5, 5.41) is 9.22. The van der Waals surface area contributed by atoms with E-state index < -0.39 is 12.1 Å². The van der Waals surface area contributed by atoms with Crippen LogP contribution in [0.1, 0.15) is 11.7 Å². The van der Waals surface area contributed by atoms with Gasteiger partial charge in [0.1, 0.15) is 6.10 Å². The Morgan fingerprint density at radius 3 is 3.00 bits per heavy atom. The fourth-order valence-corrected chi connectivity index (χ4v) is 1.12. The van der Waals surface area contributed by atoms with Gasteiger partial charge in [0.15, 0.2) is 0 Å². The molecule has 0 aliphatic carbocycles. The van der Waals surface area contributed by atoms with Crippen molar-refractivity contribution in [1.29, 1.82) is 0 Å². The van der Waals surface area contributed by atoms with Crippen LogP contribution in [-0.2, 0) is 0 Å². The van der Waals surface area contributed by atoms with Crippen molar-refractivity contribution in [3.05, 3.63) is 40.9 Å². The lowest BCUT2D eigenvalue weighted by molar-refractivity contribution is 0.222. The molecule has 1 aromatic heterocycles. The Balaban J connectivity index is 3.12. The second kappa shape index (κ2) is 3.78. The first kappa shape index (κ1) is 9.35. The van der Waals surface area contributed by atoms with E-state index in [0.29, 0.717) is 4.47 Å². The van der Waals surface area contributed by atoms with Crippen LogP contribution in [0.2, 0.25) is 0 Å². The minimum atomic E-state index is -1.00. The van der Waals surface area contributed by atoms with Gasteiger partial charge < -0.3 is 5.11 Å². The number of nitrogens with zero attached hydrogens (tertiary/aromatic N) is 1. The number of aromatic nitrogens is 1. The molecule has 64 valence electrons.